The van der Waals surface area contributed by atoms with Crippen molar-refractivity contribution in [1.82, 2.24) is 0 Å². The zero-order chi connectivity index (χ0) is 29.1. The third-order valence-corrected chi connectivity index (χ3v) is 6.90. The van der Waals surface area contributed by atoms with Crippen molar-refractivity contribution in [3.63, 3.8) is 0 Å². The van der Waals surface area contributed by atoms with E-state index in [1.807, 2.05) is 33.8 Å². The maximum absolute atomic E-state index is 13.7. The summed E-state index contributed by atoms with van der Waals surface area (Å²) in [6.45, 7) is 10.2. The van der Waals surface area contributed by atoms with Crippen LogP contribution in [-0.4, -0.2) is 42.2 Å². The minimum Gasteiger partial charge on any atom is -0.507 e. The Morgan fingerprint density at radius 3 is 2.35 bits per heavy atom. The molecule has 1 saturated heterocycles. The van der Waals surface area contributed by atoms with Crippen molar-refractivity contribution in [2.75, 3.05) is 25.2 Å². The number of ketones is 1. The fraction of sp³-hybridized carbons (Fsp3) is 0.312. The Bertz CT molecular complexity index is 1470. The first-order valence-corrected chi connectivity index (χ1v) is 13.3. The molecular weight excluding hydrogens is 510 g/mol. The van der Waals surface area contributed by atoms with Crippen LogP contribution in [0.25, 0.3) is 5.76 Å². The Kier molecular flexibility index (Phi) is 8.38. The summed E-state index contributed by atoms with van der Waals surface area (Å²) in [4.78, 5) is 28.7. The number of hydrogen-bond donors (Lipinski definition) is 2. The molecule has 3 aromatic rings. The van der Waals surface area contributed by atoms with Crippen LogP contribution >= 0.6 is 0 Å². The molecule has 210 valence electrons. The molecular formula is C32H35NO7. The van der Waals surface area contributed by atoms with Crippen LogP contribution in [0.4, 0.5) is 5.69 Å². The third-order valence-electron chi connectivity index (χ3n) is 6.90. The van der Waals surface area contributed by atoms with E-state index in [0.717, 1.165) is 5.56 Å². The summed E-state index contributed by atoms with van der Waals surface area (Å²) < 4.78 is 16.8. The van der Waals surface area contributed by atoms with Gasteiger partial charge in [0, 0.05) is 17.3 Å². The van der Waals surface area contributed by atoms with E-state index in [1.54, 1.807) is 56.5 Å². The van der Waals surface area contributed by atoms with Gasteiger partial charge in [-0.15, -0.1) is 0 Å². The number of benzene rings is 3. The lowest BCUT2D eigenvalue weighted by Gasteiger charge is -2.26. The van der Waals surface area contributed by atoms with Crippen LogP contribution in [-0.2, 0) is 9.59 Å². The first kappa shape index (κ1) is 28.5. The second kappa shape index (κ2) is 11.7. The van der Waals surface area contributed by atoms with Gasteiger partial charge in [-0.1, -0.05) is 26.0 Å². The minimum atomic E-state index is -0.999. The summed E-state index contributed by atoms with van der Waals surface area (Å²) in [5, 5.41) is 22.1. The molecule has 8 heteroatoms. The van der Waals surface area contributed by atoms with E-state index in [0.29, 0.717) is 47.1 Å². The number of aliphatic hydroxyl groups is 1. The number of amides is 1. The van der Waals surface area contributed by atoms with E-state index >= 15 is 0 Å². The first-order chi connectivity index (χ1) is 19.1. The number of aryl methyl sites for hydroxylation is 1. The van der Waals surface area contributed by atoms with Crippen LogP contribution in [0.2, 0.25) is 0 Å². The molecule has 1 amide bonds. The lowest BCUT2D eigenvalue weighted by Crippen LogP contribution is -2.29. The molecule has 1 aliphatic heterocycles. The zero-order valence-electron chi connectivity index (χ0n) is 23.6. The molecule has 0 radical (unpaired) electrons. The molecule has 1 fully saturated rings. The van der Waals surface area contributed by atoms with Gasteiger partial charge in [-0.2, -0.15) is 0 Å². The highest BCUT2D eigenvalue weighted by molar-refractivity contribution is 6.51. The van der Waals surface area contributed by atoms with E-state index in [-0.39, 0.29) is 28.7 Å². The summed E-state index contributed by atoms with van der Waals surface area (Å²) in [6, 6.07) is 14.2. The number of carbonyl (C=O) groups excluding carboxylic acids is 2. The molecule has 0 aliphatic carbocycles. The quantitative estimate of drug-likeness (QED) is 0.186. The Hall–Kier alpha value is -4.46. The summed E-state index contributed by atoms with van der Waals surface area (Å²) in [6.07, 6.45) is 0. The number of Topliss-reactive ketones (excluding diaryl/α,β-unsaturated/α-hetero) is 1. The summed E-state index contributed by atoms with van der Waals surface area (Å²) in [7, 11) is 1.59. The van der Waals surface area contributed by atoms with Gasteiger partial charge >= 0.3 is 0 Å². The smallest absolute Gasteiger partial charge is 0.300 e. The van der Waals surface area contributed by atoms with Gasteiger partial charge in [-0.25, -0.2) is 0 Å². The molecule has 1 aliphatic rings. The minimum absolute atomic E-state index is 0.0667. The Morgan fingerprint density at radius 2 is 1.70 bits per heavy atom. The van der Waals surface area contributed by atoms with Crippen LogP contribution in [0.5, 0.6) is 23.0 Å². The molecule has 4 rings (SSSR count). The standard InChI is InChI=1S/C32H35NO7/c1-7-39-22-11-9-10-21(16-22)33-29(20-12-13-25(34)27(15-20)40-8-2)28(31(36)32(33)37)30(35)24-17-23(18(3)4)26(38-6)14-19(24)5/h9-18,29,34-35H,7-8H2,1-6H3/b30-28+. The molecule has 1 atom stereocenters. The average Bonchev–Trinajstić information content (AvgIpc) is 3.19. The number of aliphatic hydroxyl groups excluding tert-OH is 1. The number of nitrogens with zero attached hydrogens (tertiary/aromatic N) is 1. The van der Waals surface area contributed by atoms with Crippen molar-refractivity contribution in [3.8, 4) is 23.0 Å². The van der Waals surface area contributed by atoms with E-state index < -0.39 is 17.7 Å². The number of aromatic hydroxyl groups is 1. The SMILES string of the molecule is CCOc1cccc(N2C(=O)C(=O)/C(=C(/O)c3cc(C(C)C)c(OC)cc3C)C2c2ccc(O)c(OCC)c2)c1. The number of ether oxygens (including phenoxy) is 3. The molecule has 1 heterocycles. The molecule has 2 N–H and O–H groups in total. The Morgan fingerprint density at radius 1 is 0.975 bits per heavy atom. The maximum atomic E-state index is 13.7. The van der Waals surface area contributed by atoms with Crippen molar-refractivity contribution in [2.45, 2.75) is 46.6 Å². The second-order valence-corrected chi connectivity index (χ2v) is 9.82. The molecule has 40 heavy (non-hydrogen) atoms. The second-order valence-electron chi connectivity index (χ2n) is 9.82. The Labute approximate surface area is 234 Å². The number of anilines is 1. The summed E-state index contributed by atoms with van der Waals surface area (Å²) in [5.74, 6) is -0.488. The normalized spacial score (nSPS) is 16.5. The number of phenolic OH excluding ortho intramolecular Hbond substituents is 1. The van der Waals surface area contributed by atoms with Gasteiger partial charge in [-0.3, -0.25) is 14.5 Å². The lowest BCUT2D eigenvalue weighted by molar-refractivity contribution is -0.132. The van der Waals surface area contributed by atoms with Crippen molar-refractivity contribution in [3.05, 3.63) is 82.4 Å². The van der Waals surface area contributed by atoms with Gasteiger partial charge in [0.15, 0.2) is 11.5 Å². The molecule has 3 aromatic carbocycles. The van der Waals surface area contributed by atoms with Crippen LogP contribution in [0.3, 0.4) is 0 Å². The maximum Gasteiger partial charge on any atom is 0.300 e. The topological polar surface area (TPSA) is 106 Å². The summed E-state index contributed by atoms with van der Waals surface area (Å²) >= 11 is 0. The monoisotopic (exact) mass is 545 g/mol. The van der Waals surface area contributed by atoms with Gasteiger partial charge in [0.2, 0.25) is 0 Å². The van der Waals surface area contributed by atoms with E-state index in [4.69, 9.17) is 14.2 Å². The highest BCUT2D eigenvalue weighted by atomic mass is 16.5. The summed E-state index contributed by atoms with van der Waals surface area (Å²) in [5.41, 5.74) is 2.81. The van der Waals surface area contributed by atoms with Crippen LogP contribution in [0.1, 0.15) is 61.9 Å². The van der Waals surface area contributed by atoms with Gasteiger partial charge < -0.3 is 24.4 Å². The average molecular weight is 546 g/mol. The van der Waals surface area contributed by atoms with E-state index in [9.17, 15) is 19.8 Å². The van der Waals surface area contributed by atoms with Crippen LogP contribution in [0, 0.1) is 6.92 Å². The predicted octanol–water partition coefficient (Wildman–Crippen LogP) is 6.26. The van der Waals surface area contributed by atoms with Crippen molar-refractivity contribution < 1.29 is 34.0 Å². The number of rotatable bonds is 9. The third kappa shape index (κ3) is 5.21. The first-order valence-electron chi connectivity index (χ1n) is 13.3. The van der Waals surface area contributed by atoms with Crippen molar-refractivity contribution in [1.29, 1.82) is 0 Å². The molecule has 1 unspecified atom stereocenters. The van der Waals surface area contributed by atoms with E-state index in [1.165, 1.54) is 11.0 Å². The van der Waals surface area contributed by atoms with Gasteiger partial charge in [0.25, 0.3) is 11.7 Å². The molecule has 0 spiro atoms. The number of phenols is 1. The van der Waals surface area contributed by atoms with Crippen LogP contribution in [0.15, 0.2) is 60.2 Å². The zero-order valence-corrected chi connectivity index (χ0v) is 23.6. The molecule has 0 saturated carbocycles. The van der Waals surface area contributed by atoms with Gasteiger partial charge in [0.1, 0.15) is 17.3 Å². The van der Waals surface area contributed by atoms with Crippen molar-refractivity contribution in [2.24, 2.45) is 0 Å². The molecule has 0 aromatic heterocycles. The van der Waals surface area contributed by atoms with E-state index in [2.05, 4.69) is 0 Å². The molecule has 0 bridgehead atoms. The Balaban J connectivity index is 2.00. The fourth-order valence-corrected chi connectivity index (χ4v) is 5.00. The van der Waals surface area contributed by atoms with Gasteiger partial charge in [0.05, 0.1) is 31.9 Å². The number of methoxy groups -OCH3 is 1. The highest BCUT2D eigenvalue weighted by Crippen LogP contribution is 2.45. The largest absolute Gasteiger partial charge is 0.507 e. The number of hydrogen-bond acceptors (Lipinski definition) is 7. The lowest BCUT2D eigenvalue weighted by atomic mass is 9.91. The van der Waals surface area contributed by atoms with Crippen molar-refractivity contribution >= 4 is 23.1 Å². The van der Waals surface area contributed by atoms with Crippen LogP contribution < -0.4 is 19.1 Å². The number of carbonyl (C=O) groups is 2. The molecule has 8 nitrogen and oxygen atoms in total. The highest BCUT2D eigenvalue weighted by Gasteiger charge is 2.47. The predicted molar refractivity (Wildman–Crippen MR) is 153 cm³/mol. The van der Waals surface area contributed by atoms with Gasteiger partial charge in [-0.05, 0) is 79.8 Å². The fourth-order valence-electron chi connectivity index (χ4n) is 5.00.